The van der Waals surface area contributed by atoms with E-state index in [1.54, 1.807) is 12.3 Å². The van der Waals surface area contributed by atoms with Crippen molar-refractivity contribution in [1.29, 1.82) is 0 Å². The molecule has 0 aromatic carbocycles. The predicted octanol–water partition coefficient (Wildman–Crippen LogP) is 4.26. The van der Waals surface area contributed by atoms with Gasteiger partial charge in [0, 0.05) is 23.4 Å². The summed E-state index contributed by atoms with van der Waals surface area (Å²) in [7, 11) is -3.43. The monoisotopic (exact) mass is 376 g/mol. The Bertz CT molecular complexity index is 506. The number of nitrogens with zero attached hydrogens (tertiary/aromatic N) is 1. The molecule has 1 N–H and O–H groups in total. The number of sulfonamides is 1. The van der Waals surface area contributed by atoms with E-state index in [0.717, 1.165) is 12.8 Å². The van der Waals surface area contributed by atoms with E-state index in [1.165, 1.54) is 44.7 Å². The first-order valence-corrected chi connectivity index (χ1v) is 9.94. The molecule has 0 unspecified atom stereocenters. The van der Waals surface area contributed by atoms with Gasteiger partial charge in [-0.15, -0.1) is 0 Å². The molecule has 1 aromatic rings. The van der Waals surface area contributed by atoms with Gasteiger partial charge in [-0.25, -0.2) is 13.1 Å². The number of hydrogen-bond acceptors (Lipinski definition) is 3. The van der Waals surface area contributed by atoms with Gasteiger partial charge in [0.15, 0.2) is 0 Å². The summed E-state index contributed by atoms with van der Waals surface area (Å²) in [6.45, 7) is 2.71. The lowest BCUT2D eigenvalue weighted by molar-refractivity contribution is 0.559. The molecular formula is C15H25BrN2O2S. The fraction of sp³-hybridized carbons (Fsp3) is 0.667. The first kappa shape index (κ1) is 18.6. The molecule has 6 heteroatoms. The molecule has 0 spiro atoms. The fourth-order valence-electron chi connectivity index (χ4n) is 2.09. The minimum absolute atomic E-state index is 0.205. The van der Waals surface area contributed by atoms with E-state index in [0.29, 0.717) is 11.0 Å². The summed E-state index contributed by atoms with van der Waals surface area (Å²) in [6.07, 6.45) is 12.5. The highest BCUT2D eigenvalue weighted by atomic mass is 79.9. The molecule has 0 aliphatic rings. The maximum Gasteiger partial charge on any atom is 0.242 e. The van der Waals surface area contributed by atoms with E-state index in [2.05, 4.69) is 32.6 Å². The molecule has 0 amide bonds. The molecule has 21 heavy (non-hydrogen) atoms. The molecule has 1 heterocycles. The zero-order valence-corrected chi connectivity index (χ0v) is 15.0. The molecule has 0 atom stereocenters. The van der Waals surface area contributed by atoms with Crippen LogP contribution in [-0.2, 0) is 10.0 Å². The van der Waals surface area contributed by atoms with Gasteiger partial charge in [0.1, 0.15) is 4.90 Å². The van der Waals surface area contributed by atoms with Gasteiger partial charge >= 0.3 is 0 Å². The number of pyridine rings is 1. The largest absolute Gasteiger partial charge is 0.262 e. The summed E-state index contributed by atoms with van der Waals surface area (Å²) < 4.78 is 27.3. The van der Waals surface area contributed by atoms with Gasteiger partial charge in [-0.3, -0.25) is 4.98 Å². The Morgan fingerprint density at radius 1 is 1.05 bits per heavy atom. The summed E-state index contributed by atoms with van der Waals surface area (Å²) >= 11 is 3.23. The molecule has 4 nitrogen and oxygen atoms in total. The lowest BCUT2D eigenvalue weighted by atomic mass is 10.1. The Morgan fingerprint density at radius 2 is 1.67 bits per heavy atom. The number of rotatable bonds is 11. The van der Waals surface area contributed by atoms with E-state index in [9.17, 15) is 8.42 Å². The molecule has 0 bridgehead atoms. The highest BCUT2D eigenvalue weighted by molar-refractivity contribution is 9.10. The van der Waals surface area contributed by atoms with Crippen molar-refractivity contribution in [2.45, 2.75) is 63.2 Å². The Kier molecular flexibility index (Phi) is 9.11. The standard InChI is InChI=1S/C15H25BrN2O2S/c1-2-3-4-5-6-7-8-9-10-18-21(19,20)15-11-14(16)12-17-13-15/h11-13,18H,2-10H2,1H3. The number of unbranched alkanes of at least 4 members (excludes halogenated alkanes) is 7. The summed E-state index contributed by atoms with van der Waals surface area (Å²) in [6, 6.07) is 1.56. The van der Waals surface area contributed by atoms with Crippen molar-refractivity contribution in [3.63, 3.8) is 0 Å². The van der Waals surface area contributed by atoms with Crippen molar-refractivity contribution in [3.05, 3.63) is 22.9 Å². The number of hydrogen-bond donors (Lipinski definition) is 1. The van der Waals surface area contributed by atoms with Crippen molar-refractivity contribution in [1.82, 2.24) is 9.71 Å². The van der Waals surface area contributed by atoms with Gasteiger partial charge in [0.05, 0.1) is 0 Å². The van der Waals surface area contributed by atoms with E-state index < -0.39 is 10.0 Å². The summed E-state index contributed by atoms with van der Waals surface area (Å²) in [5.41, 5.74) is 0. The highest BCUT2D eigenvalue weighted by Gasteiger charge is 2.13. The van der Waals surface area contributed by atoms with Gasteiger partial charge in [-0.1, -0.05) is 51.9 Å². The first-order chi connectivity index (χ1) is 10.1. The molecule has 1 rings (SSSR count). The van der Waals surface area contributed by atoms with Crippen LogP contribution >= 0.6 is 15.9 Å². The van der Waals surface area contributed by atoms with Gasteiger partial charge in [0.2, 0.25) is 10.0 Å². The van der Waals surface area contributed by atoms with E-state index in [4.69, 9.17) is 0 Å². The molecule has 0 fully saturated rings. The average molecular weight is 377 g/mol. The lowest BCUT2D eigenvalue weighted by Gasteiger charge is -2.06. The molecular weight excluding hydrogens is 352 g/mol. The number of nitrogens with one attached hydrogen (secondary N) is 1. The molecule has 0 aliphatic carbocycles. The summed E-state index contributed by atoms with van der Waals surface area (Å²) in [5.74, 6) is 0. The lowest BCUT2D eigenvalue weighted by Crippen LogP contribution is -2.24. The molecule has 0 saturated heterocycles. The van der Waals surface area contributed by atoms with Gasteiger partial charge < -0.3 is 0 Å². The minimum atomic E-state index is -3.43. The Morgan fingerprint density at radius 3 is 2.29 bits per heavy atom. The maximum atomic E-state index is 12.0. The number of aromatic nitrogens is 1. The van der Waals surface area contributed by atoms with Gasteiger partial charge in [-0.2, -0.15) is 0 Å². The van der Waals surface area contributed by atoms with Crippen molar-refractivity contribution in [2.75, 3.05) is 6.54 Å². The highest BCUT2D eigenvalue weighted by Crippen LogP contribution is 2.14. The van der Waals surface area contributed by atoms with E-state index >= 15 is 0 Å². The molecule has 0 saturated carbocycles. The van der Waals surface area contributed by atoms with Crippen molar-refractivity contribution < 1.29 is 8.42 Å². The van der Waals surface area contributed by atoms with Crippen LogP contribution in [0.5, 0.6) is 0 Å². The third kappa shape index (κ3) is 7.93. The second-order valence-electron chi connectivity index (χ2n) is 5.21. The minimum Gasteiger partial charge on any atom is -0.262 e. The first-order valence-electron chi connectivity index (χ1n) is 7.66. The van der Waals surface area contributed by atoms with Gasteiger partial charge in [0.25, 0.3) is 0 Å². The molecule has 1 aromatic heterocycles. The van der Waals surface area contributed by atoms with Crippen LogP contribution in [-0.4, -0.2) is 19.9 Å². The summed E-state index contributed by atoms with van der Waals surface area (Å²) in [5, 5.41) is 0. The third-order valence-corrected chi connectivity index (χ3v) is 5.17. The Labute approximate surface area is 136 Å². The summed E-state index contributed by atoms with van der Waals surface area (Å²) in [4.78, 5) is 4.08. The fourth-order valence-corrected chi connectivity index (χ4v) is 3.67. The smallest absolute Gasteiger partial charge is 0.242 e. The SMILES string of the molecule is CCCCCCCCCCNS(=O)(=O)c1cncc(Br)c1. The molecule has 0 radical (unpaired) electrons. The molecule has 120 valence electrons. The van der Waals surface area contributed by atoms with Crippen LogP contribution in [0.3, 0.4) is 0 Å². The zero-order valence-electron chi connectivity index (χ0n) is 12.6. The van der Waals surface area contributed by atoms with Crippen LogP contribution in [0.25, 0.3) is 0 Å². The van der Waals surface area contributed by atoms with E-state index in [-0.39, 0.29) is 4.90 Å². The second kappa shape index (κ2) is 10.3. The van der Waals surface area contributed by atoms with Crippen LogP contribution in [0.1, 0.15) is 58.3 Å². The third-order valence-electron chi connectivity index (χ3n) is 3.31. The van der Waals surface area contributed by atoms with Crippen molar-refractivity contribution in [2.24, 2.45) is 0 Å². The van der Waals surface area contributed by atoms with Crippen LogP contribution in [0.4, 0.5) is 0 Å². The Balaban J connectivity index is 2.17. The van der Waals surface area contributed by atoms with Gasteiger partial charge in [-0.05, 0) is 28.4 Å². The van der Waals surface area contributed by atoms with Crippen molar-refractivity contribution >= 4 is 26.0 Å². The van der Waals surface area contributed by atoms with Crippen molar-refractivity contribution in [3.8, 4) is 0 Å². The topological polar surface area (TPSA) is 59.1 Å². The van der Waals surface area contributed by atoms with Crippen LogP contribution in [0, 0.1) is 0 Å². The second-order valence-corrected chi connectivity index (χ2v) is 7.89. The van der Waals surface area contributed by atoms with Crippen LogP contribution in [0.15, 0.2) is 27.8 Å². The zero-order chi connectivity index (χ0) is 15.6. The quantitative estimate of drug-likeness (QED) is 0.586. The Hall–Kier alpha value is -0.460. The predicted molar refractivity (Wildman–Crippen MR) is 89.7 cm³/mol. The molecule has 0 aliphatic heterocycles. The van der Waals surface area contributed by atoms with Crippen LogP contribution in [0.2, 0.25) is 0 Å². The normalized spacial score (nSPS) is 11.7. The average Bonchev–Trinajstić information content (AvgIpc) is 2.45. The number of halogens is 1. The maximum absolute atomic E-state index is 12.0. The van der Waals surface area contributed by atoms with E-state index in [1.807, 2.05) is 0 Å². The van der Waals surface area contributed by atoms with Crippen LogP contribution < -0.4 is 4.72 Å².